The molecule has 1 atom stereocenters. The lowest BCUT2D eigenvalue weighted by Gasteiger charge is -2.21. The summed E-state index contributed by atoms with van der Waals surface area (Å²) in [4.78, 5) is 12.0. The summed E-state index contributed by atoms with van der Waals surface area (Å²) in [6.45, 7) is 4.28. The predicted molar refractivity (Wildman–Crippen MR) is 67.7 cm³/mol. The van der Waals surface area contributed by atoms with Gasteiger partial charge in [-0.3, -0.25) is 4.79 Å². The molecule has 0 spiro atoms. The molecule has 0 aromatic heterocycles. The van der Waals surface area contributed by atoms with E-state index in [1.54, 1.807) is 7.11 Å². The Balaban J connectivity index is 2.87. The summed E-state index contributed by atoms with van der Waals surface area (Å²) in [5.74, 6) is -0.817. The minimum atomic E-state index is -0.513. The zero-order valence-electron chi connectivity index (χ0n) is 10.8. The van der Waals surface area contributed by atoms with Crippen molar-refractivity contribution in [1.29, 1.82) is 0 Å². The Morgan fingerprint density at radius 1 is 1.33 bits per heavy atom. The van der Waals surface area contributed by atoms with Crippen LogP contribution in [-0.4, -0.2) is 35.9 Å². The highest BCUT2D eigenvalue weighted by molar-refractivity contribution is 5.99. The van der Waals surface area contributed by atoms with Crippen molar-refractivity contribution < 1.29 is 19.7 Å². The van der Waals surface area contributed by atoms with Gasteiger partial charge in [0.2, 0.25) is 0 Å². The molecule has 1 aromatic carbocycles. The van der Waals surface area contributed by atoms with Crippen LogP contribution in [0.2, 0.25) is 0 Å². The number of phenols is 2. The summed E-state index contributed by atoms with van der Waals surface area (Å²) in [6.07, 6.45) is 0. The zero-order chi connectivity index (χ0) is 13.7. The molecule has 100 valence electrons. The van der Waals surface area contributed by atoms with Crippen molar-refractivity contribution in [2.75, 3.05) is 13.7 Å². The number of rotatable bonds is 5. The van der Waals surface area contributed by atoms with Crippen LogP contribution in [0.4, 0.5) is 0 Å². The van der Waals surface area contributed by atoms with Crippen LogP contribution in [0.1, 0.15) is 24.2 Å². The number of ether oxygens (including phenoxy) is 1. The van der Waals surface area contributed by atoms with Gasteiger partial charge in [-0.1, -0.05) is 19.9 Å². The smallest absolute Gasteiger partial charge is 0.259 e. The molecule has 1 rings (SSSR count). The first-order valence-electron chi connectivity index (χ1n) is 5.78. The molecule has 5 heteroatoms. The van der Waals surface area contributed by atoms with Crippen LogP contribution in [0.15, 0.2) is 18.2 Å². The number of aromatic hydroxyl groups is 2. The molecule has 0 aliphatic heterocycles. The highest BCUT2D eigenvalue weighted by atomic mass is 16.5. The van der Waals surface area contributed by atoms with Crippen LogP contribution in [0.25, 0.3) is 0 Å². The van der Waals surface area contributed by atoms with E-state index in [2.05, 4.69) is 5.32 Å². The first-order chi connectivity index (χ1) is 8.47. The van der Waals surface area contributed by atoms with Crippen molar-refractivity contribution in [3.8, 4) is 11.5 Å². The van der Waals surface area contributed by atoms with Gasteiger partial charge in [-0.15, -0.1) is 0 Å². The van der Waals surface area contributed by atoms with Gasteiger partial charge in [0, 0.05) is 7.11 Å². The van der Waals surface area contributed by atoms with E-state index in [9.17, 15) is 15.0 Å². The average molecular weight is 253 g/mol. The van der Waals surface area contributed by atoms with E-state index in [0.717, 1.165) is 0 Å². The lowest BCUT2D eigenvalue weighted by molar-refractivity contribution is 0.0861. The number of methoxy groups -OCH3 is 1. The molecule has 1 unspecified atom stereocenters. The van der Waals surface area contributed by atoms with E-state index in [0.29, 0.717) is 6.61 Å². The second-order valence-corrected chi connectivity index (χ2v) is 4.45. The first kappa shape index (κ1) is 14.3. The third-order valence-electron chi connectivity index (χ3n) is 2.71. The van der Waals surface area contributed by atoms with Crippen LogP contribution in [-0.2, 0) is 4.74 Å². The Kier molecular flexibility index (Phi) is 4.97. The summed E-state index contributed by atoms with van der Waals surface area (Å²) in [6, 6.07) is 4.00. The normalized spacial score (nSPS) is 12.4. The molecule has 0 heterocycles. The number of carbonyl (C=O) groups excluding carboxylic acids is 1. The van der Waals surface area contributed by atoms with Crippen LogP contribution in [0.5, 0.6) is 11.5 Å². The van der Waals surface area contributed by atoms with Crippen molar-refractivity contribution in [3.05, 3.63) is 23.8 Å². The van der Waals surface area contributed by atoms with Crippen LogP contribution < -0.4 is 5.32 Å². The molecule has 0 aliphatic carbocycles. The minimum Gasteiger partial charge on any atom is -0.507 e. The number of nitrogens with one attached hydrogen (secondary N) is 1. The maximum Gasteiger partial charge on any atom is 0.259 e. The van der Waals surface area contributed by atoms with Gasteiger partial charge in [0.15, 0.2) is 0 Å². The fourth-order valence-electron chi connectivity index (χ4n) is 1.58. The van der Waals surface area contributed by atoms with Crippen LogP contribution in [0.3, 0.4) is 0 Å². The largest absolute Gasteiger partial charge is 0.507 e. The van der Waals surface area contributed by atoms with Crippen molar-refractivity contribution in [2.45, 2.75) is 19.9 Å². The van der Waals surface area contributed by atoms with Gasteiger partial charge >= 0.3 is 0 Å². The molecule has 0 saturated heterocycles. The number of carbonyl (C=O) groups is 1. The summed E-state index contributed by atoms with van der Waals surface area (Å²) >= 11 is 0. The third-order valence-corrected chi connectivity index (χ3v) is 2.71. The Hall–Kier alpha value is -1.75. The van der Waals surface area contributed by atoms with Crippen molar-refractivity contribution >= 4 is 5.91 Å². The van der Waals surface area contributed by atoms with E-state index in [-0.39, 0.29) is 29.0 Å². The summed E-state index contributed by atoms with van der Waals surface area (Å²) in [5, 5.41) is 21.9. The Morgan fingerprint density at radius 3 is 2.33 bits per heavy atom. The summed E-state index contributed by atoms with van der Waals surface area (Å²) in [7, 11) is 1.55. The van der Waals surface area contributed by atoms with E-state index in [1.165, 1.54) is 18.2 Å². The van der Waals surface area contributed by atoms with E-state index in [1.807, 2.05) is 13.8 Å². The number of amides is 1. The van der Waals surface area contributed by atoms with Gasteiger partial charge in [-0.2, -0.15) is 0 Å². The van der Waals surface area contributed by atoms with Gasteiger partial charge in [0.05, 0.1) is 12.6 Å². The van der Waals surface area contributed by atoms with E-state index >= 15 is 0 Å². The topological polar surface area (TPSA) is 78.8 Å². The van der Waals surface area contributed by atoms with Gasteiger partial charge in [0.1, 0.15) is 17.1 Å². The Bertz CT molecular complexity index is 397. The average Bonchev–Trinajstić information content (AvgIpc) is 2.28. The monoisotopic (exact) mass is 253 g/mol. The summed E-state index contributed by atoms with van der Waals surface area (Å²) < 4.78 is 5.02. The lowest BCUT2D eigenvalue weighted by Crippen LogP contribution is -2.41. The number of hydrogen-bond donors (Lipinski definition) is 3. The quantitative estimate of drug-likeness (QED) is 0.743. The van der Waals surface area contributed by atoms with Gasteiger partial charge in [-0.25, -0.2) is 0 Å². The molecule has 18 heavy (non-hydrogen) atoms. The Morgan fingerprint density at radius 2 is 1.89 bits per heavy atom. The maximum absolute atomic E-state index is 12.0. The highest BCUT2D eigenvalue weighted by Crippen LogP contribution is 2.26. The molecule has 3 N–H and O–H groups in total. The van der Waals surface area contributed by atoms with Crippen molar-refractivity contribution in [1.82, 2.24) is 5.32 Å². The molecule has 1 aromatic rings. The number of benzene rings is 1. The van der Waals surface area contributed by atoms with Crippen molar-refractivity contribution in [2.24, 2.45) is 5.92 Å². The first-order valence-corrected chi connectivity index (χ1v) is 5.78. The molecular formula is C13H19NO4. The molecule has 1 amide bonds. The molecule has 5 nitrogen and oxygen atoms in total. The number of hydrogen-bond acceptors (Lipinski definition) is 4. The molecule has 0 saturated carbocycles. The second-order valence-electron chi connectivity index (χ2n) is 4.45. The number of phenolic OH excluding ortho intramolecular Hbond substituents is 2. The minimum absolute atomic E-state index is 0.112. The molecule has 0 radical (unpaired) electrons. The van der Waals surface area contributed by atoms with Crippen LogP contribution in [0, 0.1) is 5.92 Å². The Labute approximate surface area is 106 Å². The summed E-state index contributed by atoms with van der Waals surface area (Å²) in [5.41, 5.74) is -0.112. The zero-order valence-corrected chi connectivity index (χ0v) is 10.8. The molecular weight excluding hydrogens is 234 g/mol. The SMILES string of the molecule is COCC(NC(=O)c1c(O)cccc1O)C(C)C. The van der Waals surface area contributed by atoms with E-state index in [4.69, 9.17) is 4.74 Å². The van der Waals surface area contributed by atoms with Gasteiger partial charge < -0.3 is 20.3 Å². The predicted octanol–water partition coefficient (Wildman–Crippen LogP) is 1.50. The van der Waals surface area contributed by atoms with Crippen molar-refractivity contribution in [3.63, 3.8) is 0 Å². The van der Waals surface area contributed by atoms with Gasteiger partial charge in [-0.05, 0) is 18.1 Å². The second kappa shape index (κ2) is 6.26. The standard InChI is InChI=1S/C13H19NO4/c1-8(2)9(7-18-3)14-13(17)12-10(15)5-4-6-11(12)16/h4-6,8-9,15-16H,7H2,1-3H3,(H,14,17). The molecule has 0 fully saturated rings. The third kappa shape index (κ3) is 3.37. The molecule has 0 bridgehead atoms. The maximum atomic E-state index is 12.0. The molecule has 0 aliphatic rings. The van der Waals surface area contributed by atoms with Gasteiger partial charge in [0.25, 0.3) is 5.91 Å². The van der Waals surface area contributed by atoms with Crippen LogP contribution >= 0.6 is 0 Å². The fraction of sp³-hybridized carbons (Fsp3) is 0.462. The lowest BCUT2D eigenvalue weighted by atomic mass is 10.0. The fourth-order valence-corrected chi connectivity index (χ4v) is 1.58. The van der Waals surface area contributed by atoms with E-state index < -0.39 is 5.91 Å². The highest BCUT2D eigenvalue weighted by Gasteiger charge is 2.21.